The van der Waals surface area contributed by atoms with Crippen molar-refractivity contribution in [2.24, 2.45) is 17.8 Å². The summed E-state index contributed by atoms with van der Waals surface area (Å²) in [5.41, 5.74) is 2.28. The number of phenols is 1. The van der Waals surface area contributed by atoms with Crippen LogP contribution in [0.1, 0.15) is 80.0 Å². The van der Waals surface area contributed by atoms with Gasteiger partial charge in [0.05, 0.1) is 11.8 Å². The van der Waals surface area contributed by atoms with Crippen LogP contribution in [0.25, 0.3) is 0 Å². The number of anilines is 1. The van der Waals surface area contributed by atoms with Crippen LogP contribution < -0.4 is 16.0 Å². The Hall–Kier alpha value is -2.90. The fourth-order valence-electron chi connectivity index (χ4n) is 7.40. The molecule has 0 aliphatic heterocycles. The molecule has 0 unspecified atom stereocenters. The molecule has 7 heteroatoms. The number of benzene rings is 2. The number of carbonyl (C=O) groups excluding carboxylic acids is 2. The first-order valence-corrected chi connectivity index (χ1v) is 13.5. The minimum atomic E-state index is -0.815. The van der Waals surface area contributed by atoms with Crippen molar-refractivity contribution in [2.75, 3.05) is 11.9 Å². The highest BCUT2D eigenvalue weighted by molar-refractivity contribution is 5.95. The Bertz CT molecular complexity index is 1130. The van der Waals surface area contributed by atoms with Gasteiger partial charge in [0.15, 0.2) is 0 Å². The van der Waals surface area contributed by atoms with Crippen LogP contribution in [0.15, 0.2) is 42.5 Å². The van der Waals surface area contributed by atoms with E-state index in [2.05, 4.69) is 29.8 Å². The summed E-state index contributed by atoms with van der Waals surface area (Å²) < 4.78 is 0. The smallest absolute Gasteiger partial charge is 0.251 e. The number of amides is 2. The van der Waals surface area contributed by atoms with Crippen molar-refractivity contribution in [1.82, 2.24) is 10.6 Å². The van der Waals surface area contributed by atoms with Gasteiger partial charge in [-0.1, -0.05) is 18.2 Å². The molecule has 2 aromatic rings. The monoisotopic (exact) mass is 505 g/mol. The number of β-amino-alcohol motifs (C(OH)–C–C–N with tert-alkyl or cyclic N) is 1. The first kappa shape index (κ1) is 25.7. The number of rotatable bonds is 10. The average Bonchev–Trinajstić information content (AvgIpc) is 2.83. The molecule has 0 spiro atoms. The molecule has 0 aromatic heterocycles. The Morgan fingerprint density at radius 1 is 1.08 bits per heavy atom. The Labute approximate surface area is 219 Å². The van der Waals surface area contributed by atoms with Crippen molar-refractivity contribution in [3.63, 3.8) is 0 Å². The van der Waals surface area contributed by atoms with Crippen LogP contribution in [-0.4, -0.2) is 40.2 Å². The van der Waals surface area contributed by atoms with E-state index in [1.165, 1.54) is 25.3 Å². The van der Waals surface area contributed by atoms with Crippen LogP contribution in [0.3, 0.4) is 0 Å². The molecule has 4 bridgehead atoms. The summed E-state index contributed by atoms with van der Waals surface area (Å²) in [7, 11) is 0. The maximum absolute atomic E-state index is 13.3. The molecular weight excluding hydrogens is 466 g/mol. The Kier molecular flexibility index (Phi) is 7.03. The van der Waals surface area contributed by atoms with Gasteiger partial charge in [-0.2, -0.15) is 0 Å². The highest BCUT2D eigenvalue weighted by Gasteiger charge is 2.51. The standard InChI is InChI=1S/C30H39N3O4/c1-29(2,32-17-27(36)23-6-7-26(35)25(12-23)31-18-34)13-19-4-3-5-24(11-19)28(37)33-30-14-20-8-21(15-30)10-22(9-20)16-30/h3-7,11-12,18,20-22,27,32,35-36H,8-10,13-17H2,1-2H3,(H,31,34)(H,33,37)/t20?,21?,22?,27-,30?/m0/s1. The van der Waals surface area contributed by atoms with Gasteiger partial charge in [-0.25, -0.2) is 0 Å². The molecule has 7 nitrogen and oxygen atoms in total. The van der Waals surface area contributed by atoms with Gasteiger partial charge >= 0.3 is 0 Å². The molecule has 4 saturated carbocycles. The van der Waals surface area contributed by atoms with Crippen molar-refractivity contribution in [3.05, 3.63) is 59.2 Å². The number of nitrogens with one attached hydrogen (secondary N) is 3. The van der Waals surface area contributed by atoms with Gasteiger partial charge in [0, 0.05) is 23.2 Å². The fourth-order valence-corrected chi connectivity index (χ4v) is 7.40. The molecule has 4 fully saturated rings. The van der Waals surface area contributed by atoms with Crippen LogP contribution in [0, 0.1) is 17.8 Å². The molecule has 0 heterocycles. The number of aromatic hydroxyl groups is 1. The second-order valence-electron chi connectivity index (χ2n) is 12.3. The zero-order valence-corrected chi connectivity index (χ0v) is 21.8. The Morgan fingerprint density at radius 3 is 2.41 bits per heavy atom. The van der Waals surface area contributed by atoms with Crippen LogP contribution in [-0.2, 0) is 11.2 Å². The van der Waals surface area contributed by atoms with E-state index in [9.17, 15) is 19.8 Å². The number of aliphatic hydroxyl groups excluding tert-OH is 1. The van der Waals surface area contributed by atoms with E-state index in [0.717, 1.165) is 42.6 Å². The van der Waals surface area contributed by atoms with Gasteiger partial charge in [0.1, 0.15) is 5.75 Å². The molecule has 37 heavy (non-hydrogen) atoms. The van der Waals surface area contributed by atoms with Crippen molar-refractivity contribution in [1.29, 1.82) is 0 Å². The lowest BCUT2D eigenvalue weighted by atomic mass is 9.53. The van der Waals surface area contributed by atoms with Crippen molar-refractivity contribution in [2.45, 2.75) is 76.0 Å². The average molecular weight is 506 g/mol. The highest BCUT2D eigenvalue weighted by Crippen LogP contribution is 2.55. The van der Waals surface area contributed by atoms with Crippen LogP contribution in [0.2, 0.25) is 0 Å². The lowest BCUT2D eigenvalue weighted by Crippen LogP contribution is -2.59. The van der Waals surface area contributed by atoms with E-state index in [1.807, 2.05) is 24.3 Å². The van der Waals surface area contributed by atoms with Crippen molar-refractivity contribution < 1.29 is 19.8 Å². The van der Waals surface area contributed by atoms with Gasteiger partial charge in [0.2, 0.25) is 6.41 Å². The maximum Gasteiger partial charge on any atom is 0.251 e. The largest absolute Gasteiger partial charge is 0.506 e. The molecule has 5 N–H and O–H groups in total. The lowest BCUT2D eigenvalue weighted by molar-refractivity contribution is -0.105. The van der Waals surface area contributed by atoms with Crippen molar-refractivity contribution >= 4 is 18.0 Å². The van der Waals surface area contributed by atoms with Crippen molar-refractivity contribution in [3.8, 4) is 5.75 Å². The topological polar surface area (TPSA) is 111 Å². The zero-order chi connectivity index (χ0) is 26.2. The van der Waals surface area contributed by atoms with E-state index >= 15 is 0 Å². The van der Waals surface area contributed by atoms with Crippen LogP contribution in [0.4, 0.5) is 5.69 Å². The minimum absolute atomic E-state index is 0.00582. The molecule has 4 aliphatic carbocycles. The number of carbonyl (C=O) groups is 2. The first-order chi connectivity index (χ1) is 17.6. The number of hydrogen-bond acceptors (Lipinski definition) is 5. The van der Waals surface area contributed by atoms with Gasteiger partial charge in [-0.3, -0.25) is 9.59 Å². The van der Waals surface area contributed by atoms with Crippen LogP contribution >= 0.6 is 0 Å². The maximum atomic E-state index is 13.3. The molecule has 198 valence electrons. The molecule has 2 aromatic carbocycles. The summed E-state index contributed by atoms with van der Waals surface area (Å²) in [6, 6.07) is 12.5. The third-order valence-corrected chi connectivity index (χ3v) is 8.65. The molecule has 0 saturated heterocycles. The SMILES string of the molecule is CC(C)(Cc1cccc(C(=O)NC23CC4CC(CC(C4)C2)C3)c1)NC[C@H](O)c1ccc(O)c(NC=O)c1. The van der Waals surface area contributed by atoms with E-state index in [0.29, 0.717) is 30.5 Å². The number of phenolic OH excluding ortho intramolecular Hbond substituents is 1. The zero-order valence-electron chi connectivity index (χ0n) is 21.8. The van der Waals surface area contributed by atoms with Gasteiger partial charge in [-0.05, 0) is 112 Å². The van der Waals surface area contributed by atoms with Gasteiger partial charge < -0.3 is 26.2 Å². The number of hydrogen-bond donors (Lipinski definition) is 5. The molecule has 2 amide bonds. The van der Waals surface area contributed by atoms with E-state index in [-0.39, 0.29) is 28.4 Å². The van der Waals surface area contributed by atoms with E-state index in [1.54, 1.807) is 12.1 Å². The quantitative estimate of drug-likeness (QED) is 0.244. The van der Waals surface area contributed by atoms with E-state index in [4.69, 9.17) is 0 Å². The summed E-state index contributed by atoms with van der Waals surface area (Å²) in [6.45, 7) is 4.43. The van der Waals surface area contributed by atoms with Gasteiger partial charge in [-0.15, -0.1) is 0 Å². The second kappa shape index (κ2) is 10.1. The second-order valence-corrected chi connectivity index (χ2v) is 12.3. The Balaban J connectivity index is 1.19. The van der Waals surface area contributed by atoms with E-state index < -0.39 is 6.10 Å². The van der Waals surface area contributed by atoms with Gasteiger partial charge in [0.25, 0.3) is 5.91 Å². The summed E-state index contributed by atoms with van der Waals surface area (Å²) in [4.78, 5) is 24.1. The predicted octanol–water partition coefficient (Wildman–Crippen LogP) is 4.30. The summed E-state index contributed by atoms with van der Waals surface area (Å²) in [6.07, 6.45) is 7.83. The Morgan fingerprint density at radius 2 is 1.76 bits per heavy atom. The third kappa shape index (κ3) is 5.83. The first-order valence-electron chi connectivity index (χ1n) is 13.5. The molecular formula is C30H39N3O4. The molecule has 4 aliphatic rings. The fraction of sp³-hybridized carbons (Fsp3) is 0.533. The number of aliphatic hydroxyl groups is 1. The summed E-state index contributed by atoms with van der Waals surface area (Å²) in [5.74, 6) is 2.35. The summed E-state index contributed by atoms with van der Waals surface area (Å²) >= 11 is 0. The van der Waals surface area contributed by atoms with Crippen LogP contribution in [0.5, 0.6) is 5.75 Å². The molecule has 6 rings (SSSR count). The third-order valence-electron chi connectivity index (χ3n) is 8.65. The summed E-state index contributed by atoms with van der Waals surface area (Å²) in [5, 5.41) is 29.9. The normalized spacial score (nSPS) is 27.1. The molecule has 1 atom stereocenters. The minimum Gasteiger partial charge on any atom is -0.506 e. The lowest BCUT2D eigenvalue weighted by Gasteiger charge is -2.56. The molecule has 0 radical (unpaired) electrons. The predicted molar refractivity (Wildman–Crippen MR) is 143 cm³/mol. The highest BCUT2D eigenvalue weighted by atomic mass is 16.3.